The van der Waals surface area contributed by atoms with Crippen molar-refractivity contribution in [1.82, 2.24) is 14.5 Å². The molecule has 3 aromatic rings. The van der Waals surface area contributed by atoms with Gasteiger partial charge in [0, 0.05) is 23.2 Å². The van der Waals surface area contributed by atoms with E-state index < -0.39 is 40.2 Å². The van der Waals surface area contributed by atoms with Crippen molar-refractivity contribution in [3.05, 3.63) is 79.7 Å². The minimum absolute atomic E-state index is 0.0966. The predicted molar refractivity (Wildman–Crippen MR) is 146 cm³/mol. The molecule has 13 heteroatoms. The summed E-state index contributed by atoms with van der Waals surface area (Å²) in [4.78, 5) is 45.4. The molecule has 0 saturated carbocycles. The number of carbonyl (C=O) groups is 2. The maximum atomic E-state index is 13.9. The van der Waals surface area contributed by atoms with E-state index in [9.17, 15) is 27.6 Å². The number of ether oxygens (including phenoxy) is 2. The summed E-state index contributed by atoms with van der Waals surface area (Å²) in [6.07, 6.45) is -4.62. The van der Waals surface area contributed by atoms with Crippen molar-refractivity contribution < 1.29 is 32.2 Å². The van der Waals surface area contributed by atoms with Crippen molar-refractivity contribution in [3.8, 4) is 11.4 Å². The van der Waals surface area contributed by atoms with E-state index in [1.807, 2.05) is 13.8 Å². The average molecular weight is 593 g/mol. The Labute approximate surface area is 238 Å². The van der Waals surface area contributed by atoms with Crippen LogP contribution in [-0.4, -0.2) is 52.6 Å². The molecule has 218 valence electrons. The molecule has 0 bridgehead atoms. The number of nitrogens with zero attached hydrogens (tertiary/aromatic N) is 3. The number of halogens is 4. The van der Waals surface area contributed by atoms with Gasteiger partial charge in [-0.15, -0.1) is 0 Å². The lowest BCUT2D eigenvalue weighted by Gasteiger charge is -2.35. The first kappa shape index (κ1) is 29.9. The fraction of sp³-hybridized carbons (Fsp3) is 0.357. The lowest BCUT2D eigenvalue weighted by Crippen LogP contribution is -2.46. The van der Waals surface area contributed by atoms with Crippen LogP contribution < -0.4 is 15.6 Å². The van der Waals surface area contributed by atoms with Crippen LogP contribution in [0.25, 0.3) is 5.69 Å². The van der Waals surface area contributed by atoms with Crippen molar-refractivity contribution in [2.24, 2.45) is 0 Å². The molecule has 2 aromatic carbocycles. The minimum atomic E-state index is -4.73. The number of hydrogen-bond donors (Lipinski definition) is 1. The molecule has 1 amide bonds. The number of alkyl halides is 3. The monoisotopic (exact) mass is 592 g/mol. The normalized spacial score (nSPS) is 15.0. The number of benzene rings is 2. The van der Waals surface area contributed by atoms with Crippen LogP contribution in [0.4, 0.5) is 19.1 Å². The van der Waals surface area contributed by atoms with E-state index in [2.05, 4.69) is 10.3 Å². The molecule has 0 radical (unpaired) electrons. The molecule has 1 atom stereocenters. The number of rotatable bonds is 6. The summed E-state index contributed by atoms with van der Waals surface area (Å²) in [5.74, 6) is -0.823. The fourth-order valence-electron chi connectivity index (χ4n) is 4.66. The van der Waals surface area contributed by atoms with Crippen molar-refractivity contribution in [3.63, 3.8) is 0 Å². The van der Waals surface area contributed by atoms with E-state index in [4.69, 9.17) is 21.1 Å². The third-order valence-corrected chi connectivity index (χ3v) is 6.98. The first-order valence-electron chi connectivity index (χ1n) is 12.6. The van der Waals surface area contributed by atoms with Gasteiger partial charge in [-0.1, -0.05) is 11.6 Å². The molecule has 0 aliphatic carbocycles. The zero-order valence-electron chi connectivity index (χ0n) is 22.9. The number of nitrogens with one attached hydrogen (secondary N) is 1. The summed E-state index contributed by atoms with van der Waals surface area (Å²) in [5.41, 5.74) is -0.474. The standard InChI is InChI=1S/C28H28ClF3N4O5/c1-14(2)33-27-34-21-13-35(24(37)16-6-8-20(29)19(11-16)28(30,31)32)15(3)10-18(21)25(38)36(27)22-9-7-17(26(39)41-5)12-23(22)40-4/h6-9,11-12,14-15H,10,13H2,1-5H3,(H,33,34)/t15-/m1/s1. The van der Waals surface area contributed by atoms with Crippen molar-refractivity contribution in [2.75, 3.05) is 19.5 Å². The molecular formula is C28H28ClF3N4O5. The minimum Gasteiger partial charge on any atom is -0.495 e. The van der Waals surface area contributed by atoms with Gasteiger partial charge in [-0.05, 0) is 63.6 Å². The fourth-order valence-corrected chi connectivity index (χ4v) is 4.88. The molecule has 0 spiro atoms. The van der Waals surface area contributed by atoms with Gasteiger partial charge >= 0.3 is 12.1 Å². The number of esters is 1. The number of methoxy groups -OCH3 is 2. The van der Waals surface area contributed by atoms with E-state index in [0.717, 1.165) is 12.1 Å². The summed E-state index contributed by atoms with van der Waals surface area (Å²) in [7, 11) is 2.65. The highest BCUT2D eigenvalue weighted by Gasteiger charge is 2.36. The lowest BCUT2D eigenvalue weighted by molar-refractivity contribution is -0.137. The van der Waals surface area contributed by atoms with Crippen LogP contribution in [0, 0.1) is 0 Å². The summed E-state index contributed by atoms with van der Waals surface area (Å²) in [5, 5.41) is 2.63. The molecule has 0 saturated heterocycles. The van der Waals surface area contributed by atoms with Crippen LogP contribution in [0.3, 0.4) is 0 Å². The Hall–Kier alpha value is -4.06. The summed E-state index contributed by atoms with van der Waals surface area (Å²) >= 11 is 5.73. The maximum Gasteiger partial charge on any atom is 0.417 e. The zero-order valence-corrected chi connectivity index (χ0v) is 23.7. The second-order valence-corrected chi connectivity index (χ2v) is 10.3. The first-order valence-corrected chi connectivity index (χ1v) is 13.0. The quantitative estimate of drug-likeness (QED) is 0.397. The number of aromatic nitrogens is 2. The Balaban J connectivity index is 1.80. The molecule has 0 fully saturated rings. The molecule has 0 unspecified atom stereocenters. The second kappa shape index (κ2) is 11.4. The van der Waals surface area contributed by atoms with E-state index in [-0.39, 0.29) is 41.8 Å². The highest BCUT2D eigenvalue weighted by molar-refractivity contribution is 6.31. The number of hydrogen-bond acceptors (Lipinski definition) is 7. The van der Waals surface area contributed by atoms with E-state index >= 15 is 0 Å². The Morgan fingerprint density at radius 1 is 1.12 bits per heavy atom. The molecule has 1 N–H and O–H groups in total. The predicted octanol–water partition coefficient (Wildman–Crippen LogP) is 5.11. The zero-order chi connectivity index (χ0) is 30.2. The third kappa shape index (κ3) is 5.88. The highest BCUT2D eigenvalue weighted by Crippen LogP contribution is 2.36. The average Bonchev–Trinajstić information content (AvgIpc) is 2.91. The van der Waals surface area contributed by atoms with Crippen LogP contribution in [0.2, 0.25) is 5.02 Å². The molecule has 9 nitrogen and oxygen atoms in total. The van der Waals surface area contributed by atoms with Crippen LogP contribution in [0.5, 0.6) is 5.75 Å². The van der Waals surface area contributed by atoms with Gasteiger partial charge in [0.2, 0.25) is 5.95 Å². The van der Waals surface area contributed by atoms with Gasteiger partial charge in [0.1, 0.15) is 5.75 Å². The molecular weight excluding hydrogens is 565 g/mol. The summed E-state index contributed by atoms with van der Waals surface area (Å²) < 4.78 is 51.9. The van der Waals surface area contributed by atoms with E-state index in [1.54, 1.807) is 13.0 Å². The van der Waals surface area contributed by atoms with Gasteiger partial charge in [0.25, 0.3) is 11.5 Å². The van der Waals surface area contributed by atoms with E-state index in [0.29, 0.717) is 16.9 Å². The molecule has 1 aliphatic heterocycles. The van der Waals surface area contributed by atoms with Crippen molar-refractivity contribution in [1.29, 1.82) is 0 Å². The van der Waals surface area contributed by atoms with Gasteiger partial charge in [-0.3, -0.25) is 9.59 Å². The molecule has 2 heterocycles. The van der Waals surface area contributed by atoms with Crippen LogP contribution in [0.1, 0.15) is 58.3 Å². The van der Waals surface area contributed by atoms with Crippen LogP contribution in [-0.2, 0) is 23.9 Å². The molecule has 41 heavy (non-hydrogen) atoms. The Bertz CT molecular complexity index is 1570. The molecule has 1 aromatic heterocycles. The smallest absolute Gasteiger partial charge is 0.417 e. The number of amides is 1. The maximum absolute atomic E-state index is 13.9. The Morgan fingerprint density at radius 3 is 2.41 bits per heavy atom. The van der Waals surface area contributed by atoms with Gasteiger partial charge in [-0.25, -0.2) is 14.3 Å². The summed E-state index contributed by atoms with van der Waals surface area (Å²) in [6.45, 7) is 5.31. The topological polar surface area (TPSA) is 103 Å². The van der Waals surface area contributed by atoms with Gasteiger partial charge in [-0.2, -0.15) is 13.2 Å². The van der Waals surface area contributed by atoms with Crippen LogP contribution in [0.15, 0.2) is 41.2 Å². The van der Waals surface area contributed by atoms with E-state index in [1.165, 1.54) is 41.9 Å². The van der Waals surface area contributed by atoms with Crippen LogP contribution >= 0.6 is 11.6 Å². The lowest BCUT2D eigenvalue weighted by atomic mass is 9.98. The number of anilines is 1. The summed E-state index contributed by atoms with van der Waals surface area (Å²) in [6, 6.07) is 6.83. The van der Waals surface area contributed by atoms with Gasteiger partial charge < -0.3 is 19.7 Å². The Morgan fingerprint density at radius 2 is 1.80 bits per heavy atom. The SMILES string of the molecule is COC(=O)c1ccc(-n2c(NC(C)C)nc3c(c2=O)C[C@@H](C)N(C(=O)c2ccc(Cl)c(C(F)(F)F)c2)C3)c(OC)c1. The largest absolute Gasteiger partial charge is 0.495 e. The van der Waals surface area contributed by atoms with Gasteiger partial charge in [0.15, 0.2) is 0 Å². The molecule has 1 aliphatic rings. The number of carbonyl (C=O) groups excluding carboxylic acids is 2. The molecule has 4 rings (SSSR count). The first-order chi connectivity index (χ1) is 19.3. The second-order valence-electron chi connectivity index (χ2n) is 9.86. The number of fused-ring (bicyclic) bond motifs is 1. The van der Waals surface area contributed by atoms with Gasteiger partial charge in [0.05, 0.1) is 48.3 Å². The van der Waals surface area contributed by atoms with Crippen molar-refractivity contribution in [2.45, 2.75) is 52.0 Å². The Kier molecular flexibility index (Phi) is 8.34. The highest BCUT2D eigenvalue weighted by atomic mass is 35.5. The third-order valence-electron chi connectivity index (χ3n) is 6.65. The van der Waals surface area contributed by atoms with Crippen molar-refractivity contribution >= 4 is 29.4 Å².